The first-order valence-electron chi connectivity index (χ1n) is 3.26. The highest BCUT2D eigenvalue weighted by Gasteiger charge is 2.02. The Bertz CT molecular complexity index is 142. The first-order chi connectivity index (χ1) is 5.06. The van der Waals surface area contributed by atoms with Crippen LogP contribution in [0.5, 0.6) is 0 Å². The van der Waals surface area contributed by atoms with E-state index < -0.39 is 7.82 Å². The Morgan fingerprint density at radius 1 is 1.07 bits per heavy atom. The molecule has 0 fully saturated rings. The third-order valence-corrected chi connectivity index (χ3v) is 0.771. The molecule has 0 bridgehead atoms. The summed E-state index contributed by atoms with van der Waals surface area (Å²) in [5.74, 6) is 0. The maximum atomic E-state index is 8.88. The van der Waals surface area contributed by atoms with Gasteiger partial charge in [0.1, 0.15) is 6.54 Å². The molecule has 0 aliphatic rings. The molecule has 0 unspecified atom stereocenters. The molecule has 8 nitrogen and oxygen atoms in total. The van der Waals surface area contributed by atoms with Gasteiger partial charge in [0, 0.05) is 0 Å². The van der Waals surface area contributed by atoms with E-state index in [1.165, 1.54) is 0 Å². The summed E-state index contributed by atoms with van der Waals surface area (Å²) in [6.07, 6.45) is 0. The van der Waals surface area contributed by atoms with Gasteiger partial charge in [0.2, 0.25) is 0 Å². The van der Waals surface area contributed by atoms with Crippen molar-refractivity contribution < 1.29 is 39.8 Å². The van der Waals surface area contributed by atoms with Crippen LogP contribution in [0, 0.1) is 0 Å². The van der Waals surface area contributed by atoms with Crippen molar-refractivity contribution in [1.29, 1.82) is 0 Å². The molecule has 0 heterocycles. The minimum atomic E-state index is -4.64. The highest BCUT2D eigenvalue weighted by atomic mass is 31.2. The molecule has 9 heteroatoms. The van der Waals surface area contributed by atoms with E-state index in [4.69, 9.17) is 24.4 Å². The predicted octanol–water partition coefficient (Wildman–Crippen LogP) is -2.89. The zero-order valence-corrected chi connectivity index (χ0v) is 9.40. The first-order valence-corrected chi connectivity index (χ1v) is 4.82. The Labute approximate surface area is 82.9 Å². The molecule has 0 aliphatic heterocycles. The SMILES string of the molecule is C[N+](C)(C)CCO.O.O.O=P(O)(O)O. The van der Waals surface area contributed by atoms with Crippen LogP contribution in [0.4, 0.5) is 0 Å². The number of rotatable bonds is 2. The smallest absolute Gasteiger partial charge is 0.412 e. The lowest BCUT2D eigenvalue weighted by Crippen LogP contribution is -2.36. The number of aliphatic hydroxyl groups is 1. The molecule has 0 atom stereocenters. The van der Waals surface area contributed by atoms with Gasteiger partial charge in [0.05, 0.1) is 27.7 Å². The van der Waals surface area contributed by atoms with Crippen LogP contribution >= 0.6 is 7.82 Å². The number of likely N-dealkylation sites (N-methyl/N-ethyl adjacent to an activating group) is 1. The number of hydrogen-bond donors (Lipinski definition) is 4. The highest BCUT2D eigenvalue weighted by Crippen LogP contribution is 2.25. The fourth-order valence-corrected chi connectivity index (χ4v) is 0.300. The molecule has 0 saturated heterocycles. The van der Waals surface area contributed by atoms with E-state index in [2.05, 4.69) is 21.1 Å². The molecular weight excluding hydrogens is 217 g/mol. The monoisotopic (exact) mass is 238 g/mol. The van der Waals surface area contributed by atoms with Crippen LogP contribution in [-0.4, -0.2) is 69.5 Å². The average molecular weight is 238 g/mol. The quantitative estimate of drug-likeness (QED) is 0.299. The Morgan fingerprint density at radius 2 is 1.29 bits per heavy atom. The Hall–Kier alpha value is -0.0500. The Morgan fingerprint density at radius 3 is 1.29 bits per heavy atom. The average Bonchev–Trinajstić information content (AvgIpc) is 1.54. The van der Waals surface area contributed by atoms with Crippen molar-refractivity contribution in [3.05, 3.63) is 0 Å². The molecule has 0 rings (SSSR count). The summed E-state index contributed by atoms with van der Waals surface area (Å²) >= 11 is 0. The largest absolute Gasteiger partial charge is 0.466 e. The van der Waals surface area contributed by atoms with Crippen molar-refractivity contribution >= 4 is 7.82 Å². The van der Waals surface area contributed by atoms with Gasteiger partial charge in [-0.1, -0.05) is 0 Å². The Kier molecular flexibility index (Phi) is 16.0. The second kappa shape index (κ2) is 9.50. The van der Waals surface area contributed by atoms with Crippen LogP contribution in [0.1, 0.15) is 0 Å². The topological polar surface area (TPSA) is 161 Å². The molecule has 92 valence electrons. The molecule has 8 N–H and O–H groups in total. The molecule has 14 heavy (non-hydrogen) atoms. The number of hydrogen-bond acceptors (Lipinski definition) is 2. The van der Waals surface area contributed by atoms with Crippen molar-refractivity contribution in [2.24, 2.45) is 0 Å². The molecule has 0 aromatic carbocycles. The van der Waals surface area contributed by atoms with E-state index in [9.17, 15) is 0 Å². The molecule has 0 spiro atoms. The predicted molar refractivity (Wildman–Crippen MR) is 51.5 cm³/mol. The molecule has 0 saturated carbocycles. The third-order valence-electron chi connectivity index (χ3n) is 0.771. The highest BCUT2D eigenvalue weighted by molar-refractivity contribution is 7.45. The second-order valence-corrected chi connectivity index (χ2v) is 4.28. The van der Waals surface area contributed by atoms with Gasteiger partial charge in [-0.25, -0.2) is 4.57 Å². The van der Waals surface area contributed by atoms with Gasteiger partial charge in [-0.3, -0.25) is 0 Å². The molecule has 0 aromatic rings. The number of quaternary nitrogens is 1. The van der Waals surface area contributed by atoms with Crippen LogP contribution in [0.15, 0.2) is 0 Å². The lowest BCUT2D eigenvalue weighted by atomic mass is 10.5. The fourth-order valence-electron chi connectivity index (χ4n) is 0.300. The summed E-state index contributed by atoms with van der Waals surface area (Å²) in [6, 6.07) is 0. The van der Waals surface area contributed by atoms with Gasteiger partial charge in [-0.2, -0.15) is 0 Å². The van der Waals surface area contributed by atoms with Crippen LogP contribution in [-0.2, 0) is 4.57 Å². The van der Waals surface area contributed by atoms with Crippen molar-refractivity contribution in [3.8, 4) is 0 Å². The van der Waals surface area contributed by atoms with Crippen LogP contribution in [0.2, 0.25) is 0 Å². The van der Waals surface area contributed by atoms with Gasteiger partial charge in [0.25, 0.3) is 0 Å². The molecule has 0 radical (unpaired) electrons. The minimum Gasteiger partial charge on any atom is -0.412 e. The van der Waals surface area contributed by atoms with Crippen molar-refractivity contribution in [1.82, 2.24) is 0 Å². The second-order valence-electron chi connectivity index (χ2n) is 3.25. The number of aliphatic hydroxyl groups excluding tert-OH is 1. The summed E-state index contributed by atoms with van der Waals surface area (Å²) in [6.45, 7) is 1.11. The normalized spacial score (nSPS) is 10.2. The summed E-state index contributed by atoms with van der Waals surface area (Å²) in [5.41, 5.74) is 0. The van der Waals surface area contributed by atoms with Crippen LogP contribution in [0.3, 0.4) is 0 Å². The molecular formula is C5H21NO7P+. The zero-order chi connectivity index (χ0) is 10.4. The fraction of sp³-hybridized carbons (Fsp3) is 1.00. The van der Waals surface area contributed by atoms with Gasteiger partial charge in [-0.15, -0.1) is 0 Å². The van der Waals surface area contributed by atoms with Crippen LogP contribution < -0.4 is 0 Å². The maximum absolute atomic E-state index is 8.88. The van der Waals surface area contributed by atoms with Crippen molar-refractivity contribution in [2.45, 2.75) is 0 Å². The molecule has 0 aliphatic carbocycles. The zero-order valence-electron chi connectivity index (χ0n) is 8.51. The first kappa shape index (κ1) is 23.6. The standard InChI is InChI=1S/C5H14NO.H3O4P.2H2O/c1-6(2,3)4-5-7;1-5(2,3)4;;/h7H,4-5H2,1-3H3;(H3,1,2,3,4);2*1H2/q+1;;;. The van der Waals surface area contributed by atoms with Gasteiger partial charge in [0.15, 0.2) is 0 Å². The van der Waals surface area contributed by atoms with Crippen molar-refractivity contribution in [3.63, 3.8) is 0 Å². The van der Waals surface area contributed by atoms with E-state index in [1.54, 1.807) is 0 Å². The molecule has 0 aromatic heterocycles. The maximum Gasteiger partial charge on any atom is 0.466 e. The van der Waals surface area contributed by atoms with E-state index >= 15 is 0 Å². The van der Waals surface area contributed by atoms with Crippen molar-refractivity contribution in [2.75, 3.05) is 34.3 Å². The Balaban J connectivity index is -0.0000000651. The third kappa shape index (κ3) is 91.8. The summed E-state index contributed by atoms with van der Waals surface area (Å²) in [4.78, 5) is 21.6. The lowest BCUT2D eigenvalue weighted by Gasteiger charge is -2.21. The van der Waals surface area contributed by atoms with Gasteiger partial charge >= 0.3 is 7.82 Å². The minimum absolute atomic E-state index is 0. The van der Waals surface area contributed by atoms with E-state index in [0.29, 0.717) is 0 Å². The lowest BCUT2D eigenvalue weighted by molar-refractivity contribution is -0.870. The number of phosphoric acid groups is 1. The summed E-state index contributed by atoms with van der Waals surface area (Å²) in [5, 5.41) is 8.39. The summed E-state index contributed by atoms with van der Waals surface area (Å²) in [7, 11) is 1.52. The van der Waals surface area contributed by atoms with E-state index in [0.717, 1.165) is 11.0 Å². The summed E-state index contributed by atoms with van der Waals surface area (Å²) < 4.78 is 9.73. The van der Waals surface area contributed by atoms with Gasteiger partial charge in [-0.05, 0) is 0 Å². The van der Waals surface area contributed by atoms with E-state index in [-0.39, 0.29) is 17.6 Å². The van der Waals surface area contributed by atoms with Gasteiger partial charge < -0.3 is 35.2 Å². The number of nitrogens with zero attached hydrogens (tertiary/aromatic N) is 1. The van der Waals surface area contributed by atoms with E-state index in [1.807, 2.05) is 0 Å². The molecule has 0 amide bonds. The van der Waals surface area contributed by atoms with Crippen LogP contribution in [0.25, 0.3) is 0 Å².